The maximum atomic E-state index is 11.9. The summed E-state index contributed by atoms with van der Waals surface area (Å²) in [6, 6.07) is 12.7. The summed E-state index contributed by atoms with van der Waals surface area (Å²) < 4.78 is 10.4. The average molecular weight is 298 g/mol. The lowest BCUT2D eigenvalue weighted by Gasteiger charge is -2.07. The molecule has 1 N–H and O–H groups in total. The first-order chi connectivity index (χ1) is 10.6. The van der Waals surface area contributed by atoms with Gasteiger partial charge in [-0.15, -0.1) is 0 Å². The first-order valence-electron chi connectivity index (χ1n) is 6.76. The number of nitrogens with zero attached hydrogens (tertiary/aromatic N) is 1. The molecule has 114 valence electrons. The largest absolute Gasteiger partial charge is 0.493 e. The van der Waals surface area contributed by atoms with Crippen LogP contribution in [0.15, 0.2) is 47.6 Å². The van der Waals surface area contributed by atoms with Gasteiger partial charge in [0.15, 0.2) is 11.5 Å². The van der Waals surface area contributed by atoms with E-state index in [9.17, 15) is 4.79 Å². The number of carbonyl (C=O) groups is 1. The predicted octanol–water partition coefficient (Wildman–Crippen LogP) is 2.78. The van der Waals surface area contributed by atoms with Crippen LogP contribution in [0.3, 0.4) is 0 Å². The van der Waals surface area contributed by atoms with E-state index in [2.05, 4.69) is 10.5 Å². The smallest absolute Gasteiger partial charge is 0.271 e. The van der Waals surface area contributed by atoms with Crippen molar-refractivity contribution in [2.45, 2.75) is 6.92 Å². The molecule has 0 fully saturated rings. The van der Waals surface area contributed by atoms with Gasteiger partial charge in [0, 0.05) is 5.56 Å². The number of hydrazone groups is 1. The van der Waals surface area contributed by atoms with E-state index in [1.165, 1.54) is 0 Å². The zero-order valence-electron chi connectivity index (χ0n) is 12.8. The number of methoxy groups -OCH3 is 2. The van der Waals surface area contributed by atoms with Crippen LogP contribution in [0.2, 0.25) is 0 Å². The minimum absolute atomic E-state index is 0.253. The highest BCUT2D eigenvalue weighted by atomic mass is 16.5. The fourth-order valence-corrected chi connectivity index (χ4v) is 1.87. The SMILES string of the molecule is COc1ccc(/C=N\NC(=O)c2ccc(C)cc2)cc1OC. The number of amides is 1. The van der Waals surface area contributed by atoms with Gasteiger partial charge in [-0.25, -0.2) is 5.43 Å². The Kier molecular flexibility index (Phi) is 5.14. The number of aryl methyl sites for hydroxylation is 1. The van der Waals surface area contributed by atoms with Crippen LogP contribution in [0.1, 0.15) is 21.5 Å². The van der Waals surface area contributed by atoms with Crippen molar-refractivity contribution >= 4 is 12.1 Å². The molecule has 0 aliphatic rings. The Hall–Kier alpha value is -2.82. The van der Waals surface area contributed by atoms with Crippen molar-refractivity contribution < 1.29 is 14.3 Å². The monoisotopic (exact) mass is 298 g/mol. The predicted molar refractivity (Wildman–Crippen MR) is 85.8 cm³/mol. The number of hydrogen-bond acceptors (Lipinski definition) is 4. The molecule has 0 heterocycles. The topological polar surface area (TPSA) is 59.9 Å². The molecule has 0 aliphatic carbocycles. The van der Waals surface area contributed by atoms with Gasteiger partial charge >= 0.3 is 0 Å². The summed E-state index contributed by atoms with van der Waals surface area (Å²) in [4.78, 5) is 11.9. The summed E-state index contributed by atoms with van der Waals surface area (Å²) in [5.74, 6) is 0.997. The highest BCUT2D eigenvalue weighted by Gasteiger charge is 2.04. The molecule has 5 nitrogen and oxygen atoms in total. The van der Waals surface area contributed by atoms with E-state index in [1.54, 1.807) is 44.7 Å². The summed E-state index contributed by atoms with van der Waals surface area (Å²) in [7, 11) is 3.14. The molecule has 0 bridgehead atoms. The normalized spacial score (nSPS) is 10.5. The number of nitrogens with one attached hydrogen (secondary N) is 1. The van der Waals surface area contributed by atoms with Crippen LogP contribution in [0.4, 0.5) is 0 Å². The Morgan fingerprint density at radius 2 is 1.73 bits per heavy atom. The Labute approximate surface area is 129 Å². The molecule has 2 rings (SSSR count). The second kappa shape index (κ2) is 7.26. The summed E-state index contributed by atoms with van der Waals surface area (Å²) >= 11 is 0. The van der Waals surface area contributed by atoms with Crippen molar-refractivity contribution in [1.29, 1.82) is 0 Å². The van der Waals surface area contributed by atoms with Crippen molar-refractivity contribution in [1.82, 2.24) is 5.43 Å². The van der Waals surface area contributed by atoms with Crippen molar-refractivity contribution in [3.05, 3.63) is 59.2 Å². The third-order valence-electron chi connectivity index (χ3n) is 3.10. The molecule has 2 aromatic rings. The Morgan fingerprint density at radius 1 is 1.05 bits per heavy atom. The van der Waals surface area contributed by atoms with Crippen LogP contribution in [0.25, 0.3) is 0 Å². The average Bonchev–Trinajstić information content (AvgIpc) is 2.55. The fourth-order valence-electron chi connectivity index (χ4n) is 1.87. The van der Waals surface area contributed by atoms with Gasteiger partial charge in [0.25, 0.3) is 5.91 Å². The number of carbonyl (C=O) groups excluding carboxylic acids is 1. The lowest BCUT2D eigenvalue weighted by molar-refractivity contribution is 0.0955. The van der Waals surface area contributed by atoms with Crippen LogP contribution in [0, 0.1) is 6.92 Å². The standard InChI is InChI=1S/C17H18N2O3/c1-12-4-7-14(8-5-12)17(20)19-18-11-13-6-9-15(21-2)16(10-13)22-3/h4-11H,1-3H3,(H,19,20)/b18-11-. The second-order valence-electron chi connectivity index (χ2n) is 4.68. The van der Waals surface area contributed by atoms with Crippen LogP contribution in [-0.2, 0) is 0 Å². The van der Waals surface area contributed by atoms with E-state index in [0.29, 0.717) is 17.1 Å². The van der Waals surface area contributed by atoms with Crippen LogP contribution >= 0.6 is 0 Å². The molecule has 22 heavy (non-hydrogen) atoms. The zero-order chi connectivity index (χ0) is 15.9. The molecular weight excluding hydrogens is 280 g/mol. The van der Waals surface area contributed by atoms with Crippen LogP contribution < -0.4 is 14.9 Å². The molecule has 0 aliphatic heterocycles. The molecule has 2 aromatic carbocycles. The van der Waals surface area contributed by atoms with E-state index in [-0.39, 0.29) is 5.91 Å². The van der Waals surface area contributed by atoms with Gasteiger partial charge in [-0.3, -0.25) is 4.79 Å². The lowest BCUT2D eigenvalue weighted by Crippen LogP contribution is -2.17. The molecule has 0 unspecified atom stereocenters. The number of ether oxygens (including phenoxy) is 2. The van der Waals surface area contributed by atoms with Gasteiger partial charge in [0.2, 0.25) is 0 Å². The molecule has 0 atom stereocenters. The third kappa shape index (κ3) is 3.85. The molecule has 0 aromatic heterocycles. The quantitative estimate of drug-likeness (QED) is 0.682. The van der Waals surface area contributed by atoms with Crippen molar-refractivity contribution in [2.75, 3.05) is 14.2 Å². The Bertz CT molecular complexity index is 679. The minimum Gasteiger partial charge on any atom is -0.493 e. The minimum atomic E-state index is -0.253. The van der Waals surface area contributed by atoms with Gasteiger partial charge < -0.3 is 9.47 Å². The van der Waals surface area contributed by atoms with Gasteiger partial charge in [0.05, 0.1) is 20.4 Å². The van der Waals surface area contributed by atoms with E-state index in [0.717, 1.165) is 11.1 Å². The molecule has 1 amide bonds. The van der Waals surface area contributed by atoms with Crippen LogP contribution in [0.5, 0.6) is 11.5 Å². The van der Waals surface area contributed by atoms with Crippen molar-refractivity contribution in [3.8, 4) is 11.5 Å². The summed E-state index contributed by atoms with van der Waals surface area (Å²) in [6.45, 7) is 1.97. The van der Waals surface area contributed by atoms with Gasteiger partial charge in [-0.05, 0) is 42.8 Å². The summed E-state index contributed by atoms with van der Waals surface area (Å²) in [5, 5.41) is 3.95. The van der Waals surface area contributed by atoms with E-state index >= 15 is 0 Å². The van der Waals surface area contributed by atoms with E-state index in [1.807, 2.05) is 25.1 Å². The third-order valence-corrected chi connectivity index (χ3v) is 3.10. The lowest BCUT2D eigenvalue weighted by atomic mass is 10.1. The number of hydrogen-bond donors (Lipinski definition) is 1. The molecule has 0 saturated heterocycles. The molecule has 5 heteroatoms. The zero-order valence-corrected chi connectivity index (χ0v) is 12.8. The highest BCUT2D eigenvalue weighted by Crippen LogP contribution is 2.26. The first kappa shape index (κ1) is 15.6. The van der Waals surface area contributed by atoms with Crippen molar-refractivity contribution in [3.63, 3.8) is 0 Å². The highest BCUT2D eigenvalue weighted by molar-refractivity contribution is 5.94. The van der Waals surface area contributed by atoms with Crippen LogP contribution in [-0.4, -0.2) is 26.3 Å². The Balaban J connectivity index is 2.03. The number of benzene rings is 2. The first-order valence-corrected chi connectivity index (χ1v) is 6.76. The van der Waals surface area contributed by atoms with Gasteiger partial charge in [-0.2, -0.15) is 5.10 Å². The van der Waals surface area contributed by atoms with E-state index in [4.69, 9.17) is 9.47 Å². The van der Waals surface area contributed by atoms with E-state index < -0.39 is 0 Å². The second-order valence-corrected chi connectivity index (χ2v) is 4.68. The molecular formula is C17H18N2O3. The van der Waals surface area contributed by atoms with Gasteiger partial charge in [0.1, 0.15) is 0 Å². The number of rotatable bonds is 5. The van der Waals surface area contributed by atoms with Crippen molar-refractivity contribution in [2.24, 2.45) is 5.10 Å². The molecule has 0 spiro atoms. The maximum Gasteiger partial charge on any atom is 0.271 e. The maximum absolute atomic E-state index is 11.9. The molecule has 0 radical (unpaired) electrons. The fraction of sp³-hybridized carbons (Fsp3) is 0.176. The van der Waals surface area contributed by atoms with Gasteiger partial charge in [-0.1, -0.05) is 17.7 Å². The summed E-state index contributed by atoms with van der Waals surface area (Å²) in [6.07, 6.45) is 1.55. The molecule has 0 saturated carbocycles. The summed E-state index contributed by atoms with van der Waals surface area (Å²) in [5.41, 5.74) is 4.95. The Morgan fingerprint density at radius 3 is 2.36 bits per heavy atom.